The molecule has 4 rings (SSSR count). The first-order chi connectivity index (χ1) is 13.7. The largest absolute Gasteiger partial charge is 1.00 e. The van der Waals surface area contributed by atoms with Crippen LogP contribution in [-0.4, -0.2) is 0 Å². The zero-order valence-electron chi connectivity index (χ0n) is 17.1. The topological polar surface area (TPSA) is 0 Å². The second kappa shape index (κ2) is 9.24. The van der Waals surface area contributed by atoms with Crippen molar-refractivity contribution in [2.75, 3.05) is 0 Å². The van der Waals surface area contributed by atoms with Crippen LogP contribution in [0.2, 0.25) is 0 Å². The summed E-state index contributed by atoms with van der Waals surface area (Å²) in [5, 5.41) is 5.76. The van der Waals surface area contributed by atoms with Crippen LogP contribution < -0.4 is 45.2 Å². The SMILES string of the molecule is Cc1ccccc1[P+](c1ccccc1)(c1ccccc1C)c1ccccc1C.[I-]. The molecule has 0 atom stereocenters. The van der Waals surface area contributed by atoms with Gasteiger partial charge in [0, 0.05) is 0 Å². The van der Waals surface area contributed by atoms with Crippen molar-refractivity contribution in [3.8, 4) is 0 Å². The van der Waals surface area contributed by atoms with E-state index >= 15 is 0 Å². The van der Waals surface area contributed by atoms with Crippen LogP contribution >= 0.6 is 7.26 Å². The van der Waals surface area contributed by atoms with E-state index in [2.05, 4.69) is 124 Å². The molecule has 29 heavy (non-hydrogen) atoms. The summed E-state index contributed by atoms with van der Waals surface area (Å²) in [6, 6.07) is 37.9. The van der Waals surface area contributed by atoms with Gasteiger partial charge in [-0.05, 0) is 67.8 Å². The molecule has 0 bridgehead atoms. The molecule has 0 fully saturated rings. The van der Waals surface area contributed by atoms with Crippen molar-refractivity contribution in [3.05, 3.63) is 120 Å². The maximum absolute atomic E-state index is 2.34. The van der Waals surface area contributed by atoms with Crippen molar-refractivity contribution >= 4 is 28.5 Å². The molecule has 146 valence electrons. The maximum atomic E-state index is 2.34. The first-order valence-electron chi connectivity index (χ1n) is 9.79. The van der Waals surface area contributed by atoms with Crippen LogP contribution in [-0.2, 0) is 0 Å². The Morgan fingerprint density at radius 3 is 1.07 bits per heavy atom. The number of aryl methyl sites for hydroxylation is 3. The van der Waals surface area contributed by atoms with Crippen molar-refractivity contribution in [1.82, 2.24) is 0 Å². The Bertz CT molecular complexity index is 991. The highest BCUT2D eigenvalue weighted by Gasteiger charge is 2.50. The van der Waals surface area contributed by atoms with Gasteiger partial charge in [0.05, 0.1) is 0 Å². The molecule has 4 aromatic rings. The number of benzene rings is 4. The Kier molecular flexibility index (Phi) is 6.93. The molecule has 0 unspecified atom stereocenters. The standard InChI is InChI=1S/C27H26P.HI/c1-21-13-7-10-18-25(21)28(24-16-5-4-6-17-24,26-19-11-8-14-22(26)2)27-20-12-9-15-23(27)3;/h4-20H,1-3H3;1H/q+1;/p-1. The Balaban J connectivity index is 0.00000240. The van der Waals surface area contributed by atoms with Gasteiger partial charge in [-0.3, -0.25) is 0 Å². The van der Waals surface area contributed by atoms with Crippen molar-refractivity contribution in [2.24, 2.45) is 0 Å². The molecule has 4 aromatic carbocycles. The van der Waals surface area contributed by atoms with Gasteiger partial charge in [0.15, 0.2) is 0 Å². The second-order valence-corrected chi connectivity index (χ2v) is 10.7. The molecule has 0 nitrogen and oxygen atoms in total. The Morgan fingerprint density at radius 2 is 0.724 bits per heavy atom. The minimum absolute atomic E-state index is 0. The number of hydrogen-bond acceptors (Lipinski definition) is 0. The van der Waals surface area contributed by atoms with Gasteiger partial charge >= 0.3 is 0 Å². The number of hydrogen-bond donors (Lipinski definition) is 0. The summed E-state index contributed by atoms with van der Waals surface area (Å²) in [6.45, 7) is 6.76. The molecule has 0 aromatic heterocycles. The summed E-state index contributed by atoms with van der Waals surface area (Å²) in [5.41, 5.74) is 4.06. The molecule has 2 heteroatoms. The fraction of sp³-hybridized carbons (Fsp3) is 0.111. The highest BCUT2D eigenvalue weighted by molar-refractivity contribution is 8.01. The van der Waals surface area contributed by atoms with Crippen LogP contribution in [0.4, 0.5) is 0 Å². The molecular weight excluding hydrogens is 482 g/mol. The average Bonchev–Trinajstić information content (AvgIpc) is 2.73. The van der Waals surface area contributed by atoms with Crippen LogP contribution in [0.3, 0.4) is 0 Å². The smallest absolute Gasteiger partial charge is 0.145 e. The first kappa shape index (κ1) is 21.7. The Labute approximate surface area is 192 Å². The third kappa shape index (κ3) is 3.79. The van der Waals surface area contributed by atoms with Crippen LogP contribution in [0.25, 0.3) is 0 Å². The summed E-state index contributed by atoms with van der Waals surface area (Å²) in [5.74, 6) is 0. The predicted octanol–water partition coefficient (Wildman–Crippen LogP) is 2.24. The lowest BCUT2D eigenvalue weighted by molar-refractivity contribution is -0.00000559. The van der Waals surface area contributed by atoms with E-state index in [0.29, 0.717) is 0 Å². The second-order valence-electron chi connectivity index (χ2n) is 7.37. The fourth-order valence-electron chi connectivity index (χ4n) is 4.28. The summed E-state index contributed by atoms with van der Waals surface area (Å²) >= 11 is 0. The minimum Gasteiger partial charge on any atom is -1.00 e. The van der Waals surface area contributed by atoms with Gasteiger partial charge in [-0.2, -0.15) is 0 Å². The highest BCUT2D eigenvalue weighted by Crippen LogP contribution is 2.56. The molecule has 0 saturated carbocycles. The van der Waals surface area contributed by atoms with Gasteiger partial charge in [-0.1, -0.05) is 72.8 Å². The molecule has 0 N–H and O–H groups in total. The highest BCUT2D eigenvalue weighted by atomic mass is 127. The van der Waals surface area contributed by atoms with Crippen LogP contribution in [0.5, 0.6) is 0 Å². The lowest BCUT2D eigenvalue weighted by Crippen LogP contribution is -3.00. The lowest BCUT2D eigenvalue weighted by Gasteiger charge is -2.30. The lowest BCUT2D eigenvalue weighted by atomic mass is 10.2. The van der Waals surface area contributed by atoms with E-state index in [-0.39, 0.29) is 24.0 Å². The molecule has 0 saturated heterocycles. The van der Waals surface area contributed by atoms with Gasteiger partial charge in [0.2, 0.25) is 0 Å². The monoisotopic (exact) mass is 508 g/mol. The van der Waals surface area contributed by atoms with E-state index in [4.69, 9.17) is 0 Å². The molecule has 0 radical (unpaired) electrons. The fourth-order valence-corrected chi connectivity index (χ4v) is 9.25. The maximum Gasteiger partial charge on any atom is 0.145 e. The van der Waals surface area contributed by atoms with E-state index in [1.54, 1.807) is 0 Å². The average molecular weight is 508 g/mol. The van der Waals surface area contributed by atoms with E-state index < -0.39 is 7.26 Å². The van der Waals surface area contributed by atoms with Gasteiger partial charge < -0.3 is 24.0 Å². The molecule has 0 amide bonds. The Morgan fingerprint density at radius 1 is 0.414 bits per heavy atom. The Hall–Kier alpha value is -1.96. The van der Waals surface area contributed by atoms with Crippen molar-refractivity contribution in [2.45, 2.75) is 20.8 Å². The van der Waals surface area contributed by atoms with Crippen molar-refractivity contribution in [3.63, 3.8) is 0 Å². The van der Waals surface area contributed by atoms with Crippen molar-refractivity contribution < 1.29 is 24.0 Å². The number of rotatable bonds is 4. The summed E-state index contributed by atoms with van der Waals surface area (Å²) in [4.78, 5) is 0. The van der Waals surface area contributed by atoms with Crippen LogP contribution in [0.1, 0.15) is 16.7 Å². The summed E-state index contributed by atoms with van der Waals surface area (Å²) in [7, 11) is -2.02. The van der Waals surface area contributed by atoms with E-state index in [1.165, 1.54) is 37.9 Å². The quantitative estimate of drug-likeness (QED) is 0.293. The van der Waals surface area contributed by atoms with Gasteiger partial charge in [0.25, 0.3) is 0 Å². The van der Waals surface area contributed by atoms with Gasteiger partial charge in [-0.25, -0.2) is 0 Å². The van der Waals surface area contributed by atoms with E-state index in [9.17, 15) is 0 Å². The first-order valence-corrected chi connectivity index (χ1v) is 11.6. The van der Waals surface area contributed by atoms with Gasteiger partial charge in [-0.15, -0.1) is 0 Å². The zero-order chi connectivity index (χ0) is 19.6. The summed E-state index contributed by atoms with van der Waals surface area (Å²) < 4.78 is 0. The van der Waals surface area contributed by atoms with Gasteiger partial charge in [0.1, 0.15) is 28.5 Å². The molecule has 0 aliphatic rings. The number of halogens is 1. The normalized spacial score (nSPS) is 11.0. The third-order valence-electron chi connectivity index (χ3n) is 5.57. The third-order valence-corrected chi connectivity index (χ3v) is 10.3. The molecule has 0 aliphatic heterocycles. The molecular formula is C27H26IP. The minimum atomic E-state index is -2.02. The van der Waals surface area contributed by atoms with E-state index in [0.717, 1.165) is 0 Å². The zero-order valence-corrected chi connectivity index (χ0v) is 20.2. The van der Waals surface area contributed by atoms with Crippen LogP contribution in [0, 0.1) is 20.8 Å². The molecule has 0 spiro atoms. The summed E-state index contributed by atoms with van der Waals surface area (Å²) in [6.07, 6.45) is 0. The van der Waals surface area contributed by atoms with E-state index in [1.807, 2.05) is 0 Å². The molecule has 0 aliphatic carbocycles. The van der Waals surface area contributed by atoms with Crippen LogP contribution in [0.15, 0.2) is 103 Å². The van der Waals surface area contributed by atoms with Crippen molar-refractivity contribution in [1.29, 1.82) is 0 Å². The molecule has 0 heterocycles. The predicted molar refractivity (Wildman–Crippen MR) is 125 cm³/mol.